The molecule has 2 aromatic rings. The van der Waals surface area contributed by atoms with Gasteiger partial charge in [0.2, 0.25) is 0 Å². The highest BCUT2D eigenvalue weighted by Gasteiger charge is 2.13. The van der Waals surface area contributed by atoms with Crippen LogP contribution in [0.4, 0.5) is 0 Å². The molecule has 0 aliphatic heterocycles. The second-order valence-corrected chi connectivity index (χ2v) is 5.73. The number of benzene rings is 1. The predicted molar refractivity (Wildman–Crippen MR) is 83.5 cm³/mol. The Morgan fingerprint density at radius 2 is 1.95 bits per heavy atom. The second kappa shape index (κ2) is 7.04. The fraction of sp³-hybridized carbons (Fsp3) is 0.267. The molecule has 1 heterocycles. The fourth-order valence-corrected chi connectivity index (χ4v) is 2.47. The molecule has 100 valence electrons. The summed E-state index contributed by atoms with van der Waals surface area (Å²) in [6, 6.07) is 10.2. The van der Waals surface area contributed by atoms with Crippen LogP contribution < -0.4 is 5.32 Å². The zero-order valence-electron chi connectivity index (χ0n) is 10.7. The van der Waals surface area contributed by atoms with Crippen molar-refractivity contribution < 1.29 is 0 Å². The van der Waals surface area contributed by atoms with Crippen molar-refractivity contribution in [3.8, 4) is 0 Å². The van der Waals surface area contributed by atoms with E-state index in [1.807, 2.05) is 18.3 Å². The number of rotatable bonds is 5. The van der Waals surface area contributed by atoms with Crippen molar-refractivity contribution in [3.05, 3.63) is 63.3 Å². The third kappa shape index (κ3) is 4.03. The molecule has 0 aliphatic rings. The topological polar surface area (TPSA) is 24.9 Å². The van der Waals surface area contributed by atoms with E-state index in [-0.39, 0.29) is 6.04 Å². The Kier molecular flexibility index (Phi) is 5.37. The van der Waals surface area contributed by atoms with Crippen LogP contribution >= 0.6 is 27.5 Å². The van der Waals surface area contributed by atoms with Gasteiger partial charge in [-0.25, -0.2) is 0 Å². The normalized spacial score (nSPS) is 12.4. The van der Waals surface area contributed by atoms with E-state index in [2.05, 4.69) is 51.4 Å². The first kappa shape index (κ1) is 14.5. The number of hydrogen-bond donors (Lipinski definition) is 1. The lowest BCUT2D eigenvalue weighted by Gasteiger charge is -2.19. The summed E-state index contributed by atoms with van der Waals surface area (Å²) < 4.78 is 0.988. The lowest BCUT2D eigenvalue weighted by atomic mass is 10.00. The van der Waals surface area contributed by atoms with Crippen molar-refractivity contribution in [2.45, 2.75) is 19.4 Å². The molecule has 1 unspecified atom stereocenters. The van der Waals surface area contributed by atoms with Crippen molar-refractivity contribution in [3.63, 3.8) is 0 Å². The molecular formula is C15H16BrClN2. The first-order valence-corrected chi connectivity index (χ1v) is 7.47. The van der Waals surface area contributed by atoms with Crippen LogP contribution in [0, 0.1) is 0 Å². The zero-order chi connectivity index (χ0) is 13.7. The molecule has 0 saturated carbocycles. The predicted octanol–water partition coefficient (Wildman–Crippen LogP) is 4.59. The minimum absolute atomic E-state index is 0.141. The van der Waals surface area contributed by atoms with Crippen LogP contribution in [0.25, 0.3) is 0 Å². The molecule has 0 radical (unpaired) electrons. The largest absolute Gasteiger partial charge is 0.306 e. The van der Waals surface area contributed by atoms with E-state index in [0.717, 1.165) is 28.0 Å². The molecule has 0 saturated heterocycles. The highest BCUT2D eigenvalue weighted by molar-refractivity contribution is 9.10. The van der Waals surface area contributed by atoms with Gasteiger partial charge in [-0.2, -0.15) is 0 Å². The highest BCUT2D eigenvalue weighted by Crippen LogP contribution is 2.25. The van der Waals surface area contributed by atoms with Crippen molar-refractivity contribution in [2.75, 3.05) is 6.54 Å². The van der Waals surface area contributed by atoms with Gasteiger partial charge >= 0.3 is 0 Å². The van der Waals surface area contributed by atoms with Gasteiger partial charge in [-0.05, 0) is 58.2 Å². The van der Waals surface area contributed by atoms with E-state index in [9.17, 15) is 0 Å². The SMILES string of the molecule is CCCNC(c1ccc(Cl)cc1)c1cncc(Br)c1. The molecule has 1 atom stereocenters. The third-order valence-corrected chi connectivity index (χ3v) is 3.55. The molecule has 2 nitrogen and oxygen atoms in total. The lowest BCUT2D eigenvalue weighted by molar-refractivity contribution is 0.597. The second-order valence-electron chi connectivity index (χ2n) is 4.38. The summed E-state index contributed by atoms with van der Waals surface area (Å²) in [5.74, 6) is 0. The van der Waals surface area contributed by atoms with Crippen molar-refractivity contribution in [2.24, 2.45) is 0 Å². The molecule has 0 fully saturated rings. The van der Waals surface area contributed by atoms with Gasteiger partial charge in [0.25, 0.3) is 0 Å². The summed E-state index contributed by atoms with van der Waals surface area (Å²) in [6.07, 6.45) is 4.78. The van der Waals surface area contributed by atoms with Gasteiger partial charge in [-0.1, -0.05) is 30.7 Å². The maximum atomic E-state index is 5.95. The van der Waals surface area contributed by atoms with E-state index in [1.54, 1.807) is 6.20 Å². The van der Waals surface area contributed by atoms with Gasteiger partial charge in [0, 0.05) is 21.9 Å². The molecule has 4 heteroatoms. The Morgan fingerprint density at radius 3 is 2.58 bits per heavy atom. The lowest BCUT2D eigenvalue weighted by Crippen LogP contribution is -2.23. The van der Waals surface area contributed by atoms with Gasteiger partial charge in [0.1, 0.15) is 0 Å². The van der Waals surface area contributed by atoms with Crippen LogP contribution in [0.3, 0.4) is 0 Å². The molecule has 0 spiro atoms. The van der Waals surface area contributed by atoms with Gasteiger partial charge < -0.3 is 5.32 Å². The number of aromatic nitrogens is 1. The molecular weight excluding hydrogens is 324 g/mol. The molecule has 2 rings (SSSR count). The van der Waals surface area contributed by atoms with Crippen molar-refractivity contribution in [1.82, 2.24) is 10.3 Å². The number of pyridine rings is 1. The quantitative estimate of drug-likeness (QED) is 0.862. The molecule has 1 aromatic carbocycles. The summed E-state index contributed by atoms with van der Waals surface area (Å²) in [7, 11) is 0. The maximum Gasteiger partial charge on any atom is 0.0592 e. The van der Waals surface area contributed by atoms with Crippen LogP contribution in [0.1, 0.15) is 30.5 Å². The Balaban J connectivity index is 2.32. The maximum absolute atomic E-state index is 5.95. The van der Waals surface area contributed by atoms with Gasteiger partial charge in [0.05, 0.1) is 6.04 Å². The highest BCUT2D eigenvalue weighted by atomic mass is 79.9. The van der Waals surface area contributed by atoms with Crippen LogP contribution in [0.2, 0.25) is 5.02 Å². The molecule has 1 N–H and O–H groups in total. The van der Waals surface area contributed by atoms with Gasteiger partial charge in [0.15, 0.2) is 0 Å². The number of halogens is 2. The fourth-order valence-electron chi connectivity index (χ4n) is 1.96. The number of nitrogens with one attached hydrogen (secondary N) is 1. The smallest absolute Gasteiger partial charge is 0.0592 e. The first-order valence-electron chi connectivity index (χ1n) is 6.30. The van der Waals surface area contributed by atoms with E-state index < -0.39 is 0 Å². The molecule has 19 heavy (non-hydrogen) atoms. The zero-order valence-corrected chi connectivity index (χ0v) is 13.1. The van der Waals surface area contributed by atoms with E-state index >= 15 is 0 Å². The van der Waals surface area contributed by atoms with E-state index in [1.165, 1.54) is 5.56 Å². The molecule has 0 bridgehead atoms. The summed E-state index contributed by atoms with van der Waals surface area (Å²) in [6.45, 7) is 3.12. The van der Waals surface area contributed by atoms with Crippen LogP contribution in [-0.4, -0.2) is 11.5 Å². The van der Waals surface area contributed by atoms with Crippen LogP contribution in [0.15, 0.2) is 47.2 Å². The number of nitrogens with zero attached hydrogens (tertiary/aromatic N) is 1. The average molecular weight is 340 g/mol. The third-order valence-electron chi connectivity index (χ3n) is 2.86. The molecule has 0 amide bonds. The van der Waals surface area contributed by atoms with E-state index in [0.29, 0.717) is 0 Å². The summed E-state index contributed by atoms with van der Waals surface area (Å²) in [5.41, 5.74) is 2.34. The van der Waals surface area contributed by atoms with Crippen molar-refractivity contribution >= 4 is 27.5 Å². The Labute approximate surface area is 127 Å². The Bertz CT molecular complexity index is 528. The molecule has 0 aliphatic carbocycles. The monoisotopic (exact) mass is 338 g/mol. The first-order chi connectivity index (χ1) is 9.20. The summed E-state index contributed by atoms with van der Waals surface area (Å²) in [5, 5.41) is 4.30. The Hall–Kier alpha value is -0.900. The molecule has 1 aromatic heterocycles. The van der Waals surface area contributed by atoms with Gasteiger partial charge in [-0.3, -0.25) is 4.98 Å². The van der Waals surface area contributed by atoms with Gasteiger partial charge in [-0.15, -0.1) is 0 Å². The minimum atomic E-state index is 0.141. The van der Waals surface area contributed by atoms with Crippen molar-refractivity contribution in [1.29, 1.82) is 0 Å². The van der Waals surface area contributed by atoms with E-state index in [4.69, 9.17) is 11.6 Å². The minimum Gasteiger partial charge on any atom is -0.306 e. The van der Waals surface area contributed by atoms with Crippen LogP contribution in [0.5, 0.6) is 0 Å². The Morgan fingerprint density at radius 1 is 1.21 bits per heavy atom. The number of hydrogen-bond acceptors (Lipinski definition) is 2. The average Bonchev–Trinajstić information content (AvgIpc) is 2.41. The standard InChI is InChI=1S/C15H16BrClN2/c1-2-7-19-15(11-3-5-14(17)6-4-11)12-8-13(16)10-18-9-12/h3-6,8-10,15,19H,2,7H2,1H3. The van der Waals surface area contributed by atoms with Crippen LogP contribution in [-0.2, 0) is 0 Å². The summed E-state index contributed by atoms with van der Waals surface area (Å²) in [4.78, 5) is 4.24. The summed E-state index contributed by atoms with van der Waals surface area (Å²) >= 11 is 9.42.